The van der Waals surface area contributed by atoms with Crippen LogP contribution in [0, 0.1) is 5.82 Å². The molecule has 0 radical (unpaired) electrons. The molecule has 7 nitrogen and oxygen atoms in total. The van der Waals surface area contributed by atoms with Crippen molar-refractivity contribution in [1.82, 2.24) is 19.7 Å². The number of ether oxygens (including phenoxy) is 1. The molecule has 0 spiro atoms. The lowest BCUT2D eigenvalue weighted by molar-refractivity contribution is 0.121. The number of oxazole rings is 1. The van der Waals surface area contributed by atoms with E-state index in [2.05, 4.69) is 20.1 Å². The third-order valence-electron chi connectivity index (χ3n) is 4.10. The summed E-state index contributed by atoms with van der Waals surface area (Å²) < 4.78 is 25.9. The lowest BCUT2D eigenvalue weighted by Crippen LogP contribution is -2.37. The van der Waals surface area contributed by atoms with Crippen LogP contribution in [0.15, 0.2) is 40.1 Å². The largest absolute Gasteiger partial charge is 0.444 e. The van der Waals surface area contributed by atoms with Crippen molar-refractivity contribution in [2.75, 3.05) is 31.2 Å². The zero-order valence-electron chi connectivity index (χ0n) is 14.3. The fraction of sp³-hybridized carbons (Fsp3) is 0.353. The maximum atomic E-state index is 13.0. The van der Waals surface area contributed by atoms with Crippen molar-refractivity contribution in [3.05, 3.63) is 42.0 Å². The third-order valence-corrected chi connectivity index (χ3v) is 5.15. The Morgan fingerprint density at radius 3 is 2.69 bits per heavy atom. The van der Waals surface area contributed by atoms with Crippen LogP contribution in [0.1, 0.15) is 5.69 Å². The van der Waals surface area contributed by atoms with Crippen molar-refractivity contribution in [1.29, 1.82) is 0 Å². The molecule has 0 saturated carbocycles. The second kappa shape index (κ2) is 7.46. The summed E-state index contributed by atoms with van der Waals surface area (Å²) in [6, 6.07) is 6.08. The molecule has 26 heavy (non-hydrogen) atoms. The molecular formula is C17H18FN5O2S. The fourth-order valence-corrected chi connectivity index (χ4v) is 3.49. The van der Waals surface area contributed by atoms with Gasteiger partial charge in [-0.05, 0) is 24.3 Å². The number of halogens is 1. The van der Waals surface area contributed by atoms with Gasteiger partial charge >= 0.3 is 0 Å². The summed E-state index contributed by atoms with van der Waals surface area (Å²) in [7, 11) is 1.96. The van der Waals surface area contributed by atoms with Crippen LogP contribution in [0.5, 0.6) is 0 Å². The Bertz CT molecular complexity index is 874. The van der Waals surface area contributed by atoms with Gasteiger partial charge in [-0.3, -0.25) is 4.57 Å². The predicted octanol–water partition coefficient (Wildman–Crippen LogP) is 2.74. The summed E-state index contributed by atoms with van der Waals surface area (Å²) in [4.78, 5) is 6.63. The van der Waals surface area contributed by atoms with Gasteiger partial charge in [-0.15, -0.1) is 10.2 Å². The van der Waals surface area contributed by atoms with E-state index in [1.165, 1.54) is 12.1 Å². The van der Waals surface area contributed by atoms with Crippen molar-refractivity contribution in [2.45, 2.75) is 10.9 Å². The molecule has 1 aliphatic heterocycles. The van der Waals surface area contributed by atoms with Gasteiger partial charge in [0.25, 0.3) is 0 Å². The molecule has 0 unspecified atom stereocenters. The molecule has 4 rings (SSSR count). The first-order valence-electron chi connectivity index (χ1n) is 8.26. The van der Waals surface area contributed by atoms with E-state index in [0.29, 0.717) is 24.9 Å². The third kappa shape index (κ3) is 3.58. The molecule has 0 amide bonds. The van der Waals surface area contributed by atoms with E-state index in [9.17, 15) is 4.39 Å². The summed E-state index contributed by atoms with van der Waals surface area (Å²) in [5.74, 6) is 1.66. The highest BCUT2D eigenvalue weighted by Gasteiger charge is 2.19. The van der Waals surface area contributed by atoms with Crippen molar-refractivity contribution in [2.24, 2.45) is 7.05 Å². The SMILES string of the molecule is Cn1c(SCc2coc(-c3ccc(F)cc3)n2)nnc1N1CCOCC1. The second-order valence-corrected chi connectivity index (χ2v) is 6.82. The Morgan fingerprint density at radius 2 is 1.92 bits per heavy atom. The van der Waals surface area contributed by atoms with Gasteiger partial charge in [0.2, 0.25) is 11.8 Å². The van der Waals surface area contributed by atoms with E-state index < -0.39 is 0 Å². The fourth-order valence-electron chi connectivity index (χ4n) is 2.71. The van der Waals surface area contributed by atoms with Crippen LogP contribution in [0.3, 0.4) is 0 Å². The van der Waals surface area contributed by atoms with Gasteiger partial charge in [-0.2, -0.15) is 0 Å². The number of benzene rings is 1. The highest BCUT2D eigenvalue weighted by molar-refractivity contribution is 7.98. The number of hydrogen-bond donors (Lipinski definition) is 0. The topological polar surface area (TPSA) is 69.2 Å². The Labute approximate surface area is 154 Å². The van der Waals surface area contributed by atoms with Crippen LogP contribution < -0.4 is 4.90 Å². The van der Waals surface area contributed by atoms with Crippen molar-refractivity contribution in [3.63, 3.8) is 0 Å². The first kappa shape index (κ1) is 17.0. The normalized spacial score (nSPS) is 14.8. The summed E-state index contributed by atoms with van der Waals surface area (Å²) in [5.41, 5.74) is 1.54. The molecule has 136 valence electrons. The Morgan fingerprint density at radius 1 is 1.15 bits per heavy atom. The van der Waals surface area contributed by atoms with Gasteiger partial charge in [0.15, 0.2) is 5.16 Å². The standard InChI is InChI=1S/C17H18FN5O2S/c1-22-16(23-6-8-24-9-7-23)20-21-17(22)26-11-14-10-25-15(19-14)12-2-4-13(18)5-3-12/h2-5,10H,6-9,11H2,1H3. The highest BCUT2D eigenvalue weighted by Crippen LogP contribution is 2.26. The van der Waals surface area contributed by atoms with Crippen LogP contribution in [-0.2, 0) is 17.5 Å². The van der Waals surface area contributed by atoms with Crippen LogP contribution in [-0.4, -0.2) is 46.1 Å². The molecule has 0 bridgehead atoms. The summed E-state index contributed by atoms with van der Waals surface area (Å²) in [5, 5.41) is 9.39. The molecule has 0 atom stereocenters. The lowest BCUT2D eigenvalue weighted by Gasteiger charge is -2.27. The highest BCUT2D eigenvalue weighted by atomic mass is 32.2. The number of thioether (sulfide) groups is 1. The van der Waals surface area contributed by atoms with E-state index in [1.807, 2.05) is 11.6 Å². The van der Waals surface area contributed by atoms with Gasteiger partial charge in [0.05, 0.1) is 18.9 Å². The Kier molecular flexibility index (Phi) is 4.89. The molecule has 1 fully saturated rings. The number of hydrogen-bond acceptors (Lipinski definition) is 7. The van der Waals surface area contributed by atoms with Gasteiger partial charge in [-0.25, -0.2) is 9.37 Å². The van der Waals surface area contributed by atoms with E-state index >= 15 is 0 Å². The zero-order valence-corrected chi connectivity index (χ0v) is 15.1. The summed E-state index contributed by atoms with van der Waals surface area (Å²) in [6.45, 7) is 3.06. The molecule has 0 aliphatic carbocycles. The average Bonchev–Trinajstić information content (AvgIpc) is 3.28. The quantitative estimate of drug-likeness (QED) is 0.635. The minimum atomic E-state index is -0.283. The molecule has 1 aromatic carbocycles. The van der Waals surface area contributed by atoms with Crippen LogP contribution in [0.4, 0.5) is 10.3 Å². The molecule has 1 saturated heterocycles. The maximum Gasteiger partial charge on any atom is 0.227 e. The molecule has 3 heterocycles. The Balaban J connectivity index is 1.41. The molecule has 2 aromatic heterocycles. The molecular weight excluding hydrogens is 357 g/mol. The van der Waals surface area contributed by atoms with Crippen LogP contribution >= 0.6 is 11.8 Å². The van der Waals surface area contributed by atoms with E-state index in [0.717, 1.165) is 35.5 Å². The molecule has 9 heteroatoms. The first-order chi connectivity index (χ1) is 12.7. The van der Waals surface area contributed by atoms with Crippen molar-refractivity contribution in [3.8, 4) is 11.5 Å². The second-order valence-electron chi connectivity index (χ2n) is 5.88. The van der Waals surface area contributed by atoms with Gasteiger partial charge in [0, 0.05) is 31.5 Å². The number of aromatic nitrogens is 4. The maximum absolute atomic E-state index is 13.0. The van der Waals surface area contributed by atoms with Crippen molar-refractivity contribution < 1.29 is 13.5 Å². The number of rotatable bonds is 5. The van der Waals surface area contributed by atoms with Crippen LogP contribution in [0.25, 0.3) is 11.5 Å². The Hall–Kier alpha value is -2.39. The monoisotopic (exact) mass is 375 g/mol. The van der Waals surface area contributed by atoms with Gasteiger partial charge in [-0.1, -0.05) is 11.8 Å². The van der Waals surface area contributed by atoms with E-state index in [1.54, 1.807) is 30.2 Å². The average molecular weight is 375 g/mol. The van der Waals surface area contributed by atoms with Gasteiger partial charge < -0.3 is 14.1 Å². The minimum Gasteiger partial charge on any atom is -0.444 e. The first-order valence-corrected chi connectivity index (χ1v) is 9.24. The zero-order chi connectivity index (χ0) is 17.9. The van der Waals surface area contributed by atoms with E-state index in [4.69, 9.17) is 9.15 Å². The summed E-state index contributed by atoms with van der Waals surface area (Å²) in [6.07, 6.45) is 1.62. The van der Waals surface area contributed by atoms with E-state index in [-0.39, 0.29) is 5.82 Å². The smallest absolute Gasteiger partial charge is 0.227 e. The van der Waals surface area contributed by atoms with Gasteiger partial charge in [0.1, 0.15) is 12.1 Å². The lowest BCUT2D eigenvalue weighted by atomic mass is 10.2. The number of anilines is 1. The summed E-state index contributed by atoms with van der Waals surface area (Å²) >= 11 is 1.54. The number of morpholine rings is 1. The number of nitrogens with zero attached hydrogens (tertiary/aromatic N) is 5. The predicted molar refractivity (Wildman–Crippen MR) is 95.5 cm³/mol. The molecule has 1 aliphatic rings. The van der Waals surface area contributed by atoms with Crippen LogP contribution in [0.2, 0.25) is 0 Å². The molecule has 3 aromatic rings. The van der Waals surface area contributed by atoms with Crippen molar-refractivity contribution >= 4 is 17.7 Å². The molecule has 0 N–H and O–H groups in total. The minimum absolute atomic E-state index is 0.283.